The predicted octanol–water partition coefficient (Wildman–Crippen LogP) is 3.14. The molecular formula is C28H39N5O5. The molecule has 10 heteroatoms. The van der Waals surface area contributed by atoms with Crippen molar-refractivity contribution in [1.29, 1.82) is 0 Å². The molecule has 2 heterocycles. The molecule has 2 aromatic rings. The highest BCUT2D eigenvalue weighted by Crippen LogP contribution is 2.24. The third-order valence-corrected chi connectivity index (χ3v) is 6.41. The summed E-state index contributed by atoms with van der Waals surface area (Å²) in [6, 6.07) is 5.26. The molecule has 3 N–H and O–H groups in total. The number of carbonyl (C=O) groups is 3. The van der Waals surface area contributed by atoms with Crippen molar-refractivity contribution in [2.24, 2.45) is 5.92 Å². The zero-order valence-electron chi connectivity index (χ0n) is 23.0. The van der Waals surface area contributed by atoms with Gasteiger partial charge in [0.2, 0.25) is 11.8 Å². The summed E-state index contributed by atoms with van der Waals surface area (Å²) in [5.41, 5.74) is 2.48. The number of likely N-dealkylation sites (tertiary alicyclic amines) is 1. The van der Waals surface area contributed by atoms with Crippen molar-refractivity contribution < 1.29 is 24.2 Å². The van der Waals surface area contributed by atoms with Gasteiger partial charge in [-0.1, -0.05) is 38.1 Å². The smallest absolute Gasteiger partial charge is 0.408 e. The van der Waals surface area contributed by atoms with Crippen LogP contribution in [0.2, 0.25) is 0 Å². The Hall–Kier alpha value is -3.53. The first-order valence-corrected chi connectivity index (χ1v) is 13.0. The highest BCUT2D eigenvalue weighted by atomic mass is 16.6. The average Bonchev–Trinajstić information content (AvgIpc) is 3.35. The van der Waals surface area contributed by atoms with Crippen molar-refractivity contribution >= 4 is 17.9 Å². The lowest BCUT2D eigenvalue weighted by atomic mass is 10.0. The zero-order valence-corrected chi connectivity index (χ0v) is 23.0. The minimum atomic E-state index is -0.830. The second kappa shape index (κ2) is 12.3. The molecule has 1 aromatic carbocycles. The van der Waals surface area contributed by atoms with Crippen LogP contribution in [-0.4, -0.2) is 68.7 Å². The van der Waals surface area contributed by atoms with Gasteiger partial charge in [0.15, 0.2) is 0 Å². The van der Waals surface area contributed by atoms with Crippen molar-refractivity contribution in [3.8, 4) is 11.3 Å². The number of aliphatic hydroxyl groups is 1. The lowest BCUT2D eigenvalue weighted by molar-refractivity contribution is -0.141. The van der Waals surface area contributed by atoms with Gasteiger partial charge in [-0.05, 0) is 52.0 Å². The Kier molecular flexibility index (Phi) is 9.43. The van der Waals surface area contributed by atoms with Crippen LogP contribution in [0.1, 0.15) is 64.8 Å². The Morgan fingerprint density at radius 2 is 1.76 bits per heavy atom. The van der Waals surface area contributed by atoms with Crippen LogP contribution in [0.4, 0.5) is 4.79 Å². The quantitative estimate of drug-likeness (QED) is 0.482. The highest BCUT2D eigenvalue weighted by Gasteiger charge is 2.39. The molecule has 0 radical (unpaired) electrons. The maximum absolute atomic E-state index is 13.4. The number of hydrogen-bond acceptors (Lipinski definition) is 7. The number of alkyl carbamates (subject to hydrolysis) is 1. The summed E-state index contributed by atoms with van der Waals surface area (Å²) in [6.07, 6.45) is 3.76. The third kappa shape index (κ3) is 7.28. The fourth-order valence-electron chi connectivity index (χ4n) is 4.50. The first-order chi connectivity index (χ1) is 17.9. The first-order valence-electron chi connectivity index (χ1n) is 13.0. The van der Waals surface area contributed by atoms with Crippen molar-refractivity contribution in [2.75, 3.05) is 13.2 Å². The molecular weight excluding hydrogens is 486 g/mol. The Labute approximate surface area is 224 Å². The summed E-state index contributed by atoms with van der Waals surface area (Å²) < 4.78 is 5.33. The average molecular weight is 526 g/mol. The van der Waals surface area contributed by atoms with E-state index in [1.165, 1.54) is 4.90 Å². The molecule has 3 unspecified atom stereocenters. The first kappa shape index (κ1) is 29.0. The molecule has 0 bridgehead atoms. The van der Waals surface area contributed by atoms with E-state index in [1.54, 1.807) is 33.2 Å². The number of amides is 3. The molecule has 1 fully saturated rings. The summed E-state index contributed by atoms with van der Waals surface area (Å²) in [5, 5.41) is 15.6. The molecule has 206 valence electrons. The second-order valence-corrected chi connectivity index (χ2v) is 10.9. The summed E-state index contributed by atoms with van der Waals surface area (Å²) in [7, 11) is 0. The van der Waals surface area contributed by atoms with Crippen LogP contribution in [0.5, 0.6) is 0 Å². The number of aliphatic hydroxyl groups excluding tert-OH is 1. The normalized spacial score (nSPS) is 17.2. The number of benzene rings is 1. The van der Waals surface area contributed by atoms with Gasteiger partial charge in [-0.2, -0.15) is 0 Å². The number of aromatic nitrogens is 2. The van der Waals surface area contributed by atoms with E-state index >= 15 is 0 Å². The maximum Gasteiger partial charge on any atom is 0.408 e. The second-order valence-electron chi connectivity index (χ2n) is 10.9. The number of nitrogens with one attached hydrogen (secondary N) is 2. The molecule has 3 amide bonds. The number of ether oxygens (including phenoxy) is 1. The van der Waals surface area contributed by atoms with Crippen molar-refractivity contribution in [2.45, 2.75) is 78.1 Å². The van der Waals surface area contributed by atoms with Crippen molar-refractivity contribution in [1.82, 2.24) is 25.5 Å². The fourth-order valence-corrected chi connectivity index (χ4v) is 4.50. The molecule has 0 aliphatic carbocycles. The molecule has 3 rings (SSSR count). The fraction of sp³-hybridized carbons (Fsp3) is 0.536. The van der Waals surface area contributed by atoms with E-state index in [9.17, 15) is 19.5 Å². The number of hydrogen-bond donors (Lipinski definition) is 3. The van der Waals surface area contributed by atoms with Gasteiger partial charge in [0, 0.05) is 24.5 Å². The van der Waals surface area contributed by atoms with E-state index < -0.39 is 29.8 Å². The molecule has 10 nitrogen and oxygen atoms in total. The molecule has 3 atom stereocenters. The van der Waals surface area contributed by atoms with Crippen LogP contribution < -0.4 is 10.6 Å². The van der Waals surface area contributed by atoms with Crippen LogP contribution in [0, 0.1) is 12.8 Å². The minimum absolute atomic E-state index is 0.207. The highest BCUT2D eigenvalue weighted by molar-refractivity contribution is 5.92. The predicted molar refractivity (Wildman–Crippen MR) is 143 cm³/mol. The SMILES string of the molecule is Cc1nccnc1-c1ccc(C(CO)NC(=O)C2CCCN2C(=O)C(NC(=O)OC(C)(C)C)C(C)C)cc1. The van der Waals surface area contributed by atoms with Crippen LogP contribution in [0.25, 0.3) is 11.3 Å². The number of carbonyl (C=O) groups excluding carboxylic acids is 3. The molecule has 1 saturated heterocycles. The Balaban J connectivity index is 1.70. The van der Waals surface area contributed by atoms with E-state index in [2.05, 4.69) is 20.6 Å². The Bertz CT molecular complexity index is 1130. The van der Waals surface area contributed by atoms with E-state index in [0.717, 1.165) is 22.5 Å². The maximum atomic E-state index is 13.4. The lowest BCUT2D eigenvalue weighted by Crippen LogP contribution is -2.56. The van der Waals surface area contributed by atoms with Crippen LogP contribution in [0.15, 0.2) is 36.7 Å². The van der Waals surface area contributed by atoms with Gasteiger partial charge >= 0.3 is 6.09 Å². The van der Waals surface area contributed by atoms with Gasteiger partial charge in [-0.3, -0.25) is 19.6 Å². The van der Waals surface area contributed by atoms with Crippen LogP contribution in [0.3, 0.4) is 0 Å². The molecule has 1 aliphatic rings. The summed E-state index contributed by atoms with van der Waals surface area (Å²) in [4.78, 5) is 49.3. The Morgan fingerprint density at radius 1 is 1.11 bits per heavy atom. The van der Waals surface area contributed by atoms with Gasteiger partial charge in [0.05, 0.1) is 24.0 Å². The molecule has 1 aliphatic heterocycles. The number of aryl methyl sites for hydroxylation is 1. The van der Waals surface area contributed by atoms with Crippen molar-refractivity contribution in [3.05, 3.63) is 47.9 Å². The molecule has 1 aromatic heterocycles. The van der Waals surface area contributed by atoms with Gasteiger partial charge in [-0.15, -0.1) is 0 Å². The van der Waals surface area contributed by atoms with Crippen molar-refractivity contribution in [3.63, 3.8) is 0 Å². The lowest BCUT2D eigenvalue weighted by Gasteiger charge is -2.31. The summed E-state index contributed by atoms with van der Waals surface area (Å²) >= 11 is 0. The van der Waals surface area contributed by atoms with E-state index in [1.807, 2.05) is 45.0 Å². The molecule has 38 heavy (non-hydrogen) atoms. The third-order valence-electron chi connectivity index (χ3n) is 6.41. The summed E-state index contributed by atoms with van der Waals surface area (Å²) in [6.45, 7) is 10.9. The largest absolute Gasteiger partial charge is 0.444 e. The number of rotatable bonds is 8. The van der Waals surface area contributed by atoms with Gasteiger partial charge in [-0.25, -0.2) is 4.79 Å². The zero-order chi connectivity index (χ0) is 28.0. The van der Waals surface area contributed by atoms with Gasteiger partial charge in [0.1, 0.15) is 17.7 Å². The molecule has 0 saturated carbocycles. The van der Waals surface area contributed by atoms with Crippen LogP contribution >= 0.6 is 0 Å². The van der Waals surface area contributed by atoms with E-state index in [0.29, 0.717) is 19.4 Å². The van der Waals surface area contributed by atoms with E-state index in [4.69, 9.17) is 4.74 Å². The molecule has 0 spiro atoms. The topological polar surface area (TPSA) is 134 Å². The standard InChI is InChI=1S/C28H39N5O5/c1-17(2)23(32-27(37)38-28(4,5)6)26(36)33-15-7-8-22(33)25(35)31-21(16-34)19-9-11-20(12-10-19)24-18(3)29-13-14-30-24/h9-14,17,21-23,34H,7-8,15-16H2,1-6H3,(H,31,35)(H,32,37). The van der Waals surface area contributed by atoms with Gasteiger partial charge in [0.25, 0.3) is 0 Å². The van der Waals surface area contributed by atoms with Gasteiger partial charge < -0.3 is 25.4 Å². The Morgan fingerprint density at radius 3 is 2.34 bits per heavy atom. The monoisotopic (exact) mass is 525 g/mol. The van der Waals surface area contributed by atoms with E-state index in [-0.39, 0.29) is 24.3 Å². The summed E-state index contributed by atoms with van der Waals surface area (Å²) in [5.74, 6) is -0.878. The minimum Gasteiger partial charge on any atom is -0.444 e. The number of nitrogens with zero attached hydrogens (tertiary/aromatic N) is 3. The van der Waals surface area contributed by atoms with Crippen LogP contribution in [-0.2, 0) is 14.3 Å².